The van der Waals surface area contributed by atoms with Crippen molar-refractivity contribution in [1.82, 2.24) is 10.6 Å². The van der Waals surface area contributed by atoms with Crippen molar-refractivity contribution in [3.05, 3.63) is 58.4 Å². The number of fused-ring (bicyclic) bond motifs is 1. The van der Waals surface area contributed by atoms with Gasteiger partial charge in [0, 0.05) is 36.2 Å². The summed E-state index contributed by atoms with van der Waals surface area (Å²) in [5, 5.41) is 14.3. The zero-order valence-electron chi connectivity index (χ0n) is 16.8. The summed E-state index contributed by atoms with van der Waals surface area (Å²) in [4.78, 5) is 26.1. The minimum atomic E-state index is -4.50. The van der Waals surface area contributed by atoms with Crippen molar-refractivity contribution in [2.24, 2.45) is 15.6 Å². The number of nitrogens with one attached hydrogen (secondary N) is 2. The third kappa shape index (κ3) is 2.71. The molecule has 31 heavy (non-hydrogen) atoms. The van der Waals surface area contributed by atoms with Gasteiger partial charge in [0.25, 0.3) is 0 Å². The van der Waals surface area contributed by atoms with Crippen molar-refractivity contribution in [3.8, 4) is 0 Å². The maximum atomic E-state index is 13.6. The van der Waals surface area contributed by atoms with Gasteiger partial charge in [-0.05, 0) is 24.5 Å². The fourth-order valence-corrected chi connectivity index (χ4v) is 5.64. The summed E-state index contributed by atoms with van der Waals surface area (Å²) in [6.45, 7) is 2.36. The van der Waals surface area contributed by atoms with Gasteiger partial charge in [-0.2, -0.15) is 23.4 Å². The van der Waals surface area contributed by atoms with Crippen LogP contribution < -0.4 is 10.6 Å². The zero-order valence-corrected chi connectivity index (χ0v) is 16.8. The molecule has 1 spiro atoms. The van der Waals surface area contributed by atoms with Gasteiger partial charge < -0.3 is 10.6 Å². The molecule has 4 aliphatic rings. The lowest BCUT2D eigenvalue weighted by molar-refractivity contribution is -0.137. The number of Topliss-reactive ketones (excluding diaryl/α,β-unsaturated/α-hetero) is 1. The average molecular weight is 430 g/mol. The van der Waals surface area contributed by atoms with E-state index in [2.05, 4.69) is 20.9 Å². The molecular weight excluding hydrogens is 409 g/mol. The Bertz CT molecular complexity index is 1090. The van der Waals surface area contributed by atoms with E-state index < -0.39 is 28.7 Å². The van der Waals surface area contributed by atoms with Crippen LogP contribution in [0.25, 0.3) is 0 Å². The SMILES string of the molecule is CC[C@]1(c2cccc(C(F)(F)F)c2)C2=CN=NC2NC2=C1C(=O)C[C@@]1(CCNC1=O)C2. The largest absolute Gasteiger partial charge is 0.416 e. The lowest BCUT2D eigenvalue weighted by Crippen LogP contribution is -2.53. The van der Waals surface area contributed by atoms with Crippen molar-refractivity contribution in [2.75, 3.05) is 6.54 Å². The first-order chi connectivity index (χ1) is 14.7. The predicted molar refractivity (Wildman–Crippen MR) is 105 cm³/mol. The highest BCUT2D eigenvalue weighted by Crippen LogP contribution is 2.55. The fourth-order valence-electron chi connectivity index (χ4n) is 5.64. The highest BCUT2D eigenvalue weighted by molar-refractivity contribution is 6.05. The highest BCUT2D eigenvalue weighted by atomic mass is 19.4. The number of ketones is 1. The molecule has 162 valence electrons. The van der Waals surface area contributed by atoms with Crippen molar-refractivity contribution in [3.63, 3.8) is 0 Å². The van der Waals surface area contributed by atoms with Crippen molar-refractivity contribution < 1.29 is 22.8 Å². The number of alkyl halides is 3. The topological polar surface area (TPSA) is 82.9 Å². The van der Waals surface area contributed by atoms with Gasteiger partial charge in [-0.3, -0.25) is 9.59 Å². The molecule has 5 rings (SSSR count). The van der Waals surface area contributed by atoms with E-state index in [1.807, 2.05) is 6.92 Å². The Morgan fingerprint density at radius 2 is 2.03 bits per heavy atom. The van der Waals surface area contributed by atoms with E-state index >= 15 is 0 Å². The number of nitrogens with zero attached hydrogens (tertiary/aromatic N) is 2. The lowest BCUT2D eigenvalue weighted by Gasteiger charge is -2.47. The fraction of sp³-hybridized carbons (Fsp3) is 0.455. The van der Waals surface area contributed by atoms with Gasteiger partial charge in [-0.15, -0.1) is 0 Å². The van der Waals surface area contributed by atoms with Crippen molar-refractivity contribution in [1.29, 1.82) is 0 Å². The normalized spacial score (nSPS) is 32.0. The molecule has 2 N–H and O–H groups in total. The molecule has 1 aliphatic carbocycles. The van der Waals surface area contributed by atoms with Gasteiger partial charge in [-0.1, -0.05) is 25.1 Å². The number of azo groups is 1. The second kappa shape index (κ2) is 6.51. The summed E-state index contributed by atoms with van der Waals surface area (Å²) < 4.78 is 40.5. The van der Waals surface area contributed by atoms with E-state index in [0.29, 0.717) is 48.2 Å². The van der Waals surface area contributed by atoms with Crippen LogP contribution in [0, 0.1) is 5.41 Å². The van der Waals surface area contributed by atoms with Gasteiger partial charge in [0.15, 0.2) is 11.9 Å². The smallest absolute Gasteiger partial charge is 0.362 e. The minimum Gasteiger partial charge on any atom is -0.362 e. The lowest BCUT2D eigenvalue weighted by atomic mass is 9.58. The van der Waals surface area contributed by atoms with E-state index in [1.54, 1.807) is 12.3 Å². The Hall–Kier alpha value is -2.97. The first kappa shape index (κ1) is 20.0. The Morgan fingerprint density at radius 3 is 2.71 bits per heavy atom. The van der Waals surface area contributed by atoms with E-state index in [1.165, 1.54) is 6.07 Å². The molecule has 0 bridgehead atoms. The number of amides is 1. The van der Waals surface area contributed by atoms with Gasteiger partial charge in [0.1, 0.15) is 0 Å². The molecule has 1 aromatic carbocycles. The molecule has 9 heteroatoms. The first-order valence-corrected chi connectivity index (χ1v) is 10.3. The molecule has 1 fully saturated rings. The second-order valence-electron chi connectivity index (χ2n) is 8.62. The Morgan fingerprint density at radius 1 is 1.23 bits per heavy atom. The minimum absolute atomic E-state index is 0.0479. The molecule has 0 radical (unpaired) electrons. The van der Waals surface area contributed by atoms with Crippen LogP contribution in [-0.2, 0) is 21.2 Å². The average Bonchev–Trinajstić information content (AvgIpc) is 3.33. The summed E-state index contributed by atoms with van der Waals surface area (Å²) >= 11 is 0. The number of rotatable bonds is 2. The maximum Gasteiger partial charge on any atom is 0.416 e. The number of allylic oxidation sites excluding steroid dienone is 2. The van der Waals surface area contributed by atoms with Crippen LogP contribution in [-0.4, -0.2) is 24.4 Å². The molecule has 1 aromatic rings. The summed E-state index contributed by atoms with van der Waals surface area (Å²) in [5.74, 6) is -0.360. The highest BCUT2D eigenvalue weighted by Gasteiger charge is 2.57. The van der Waals surface area contributed by atoms with Crippen LogP contribution >= 0.6 is 0 Å². The summed E-state index contributed by atoms with van der Waals surface area (Å²) in [6, 6.07) is 5.15. The maximum absolute atomic E-state index is 13.6. The van der Waals surface area contributed by atoms with Crippen molar-refractivity contribution >= 4 is 11.7 Å². The third-order valence-corrected chi connectivity index (χ3v) is 7.08. The third-order valence-electron chi connectivity index (χ3n) is 7.08. The van der Waals surface area contributed by atoms with Crippen LogP contribution in [0.4, 0.5) is 13.2 Å². The molecule has 3 atom stereocenters. The number of hydrogen-bond donors (Lipinski definition) is 2. The van der Waals surface area contributed by atoms with Crippen LogP contribution in [0.1, 0.15) is 43.7 Å². The predicted octanol–water partition coefficient (Wildman–Crippen LogP) is 3.76. The number of carbonyl (C=O) groups excluding carboxylic acids is 2. The zero-order chi connectivity index (χ0) is 22.0. The molecule has 6 nitrogen and oxygen atoms in total. The van der Waals surface area contributed by atoms with Gasteiger partial charge >= 0.3 is 6.18 Å². The number of carbonyl (C=O) groups is 2. The molecule has 0 aromatic heterocycles. The van der Waals surface area contributed by atoms with E-state index in [0.717, 1.165) is 12.1 Å². The van der Waals surface area contributed by atoms with Crippen LogP contribution in [0.15, 0.2) is 57.5 Å². The van der Waals surface area contributed by atoms with E-state index in [9.17, 15) is 22.8 Å². The van der Waals surface area contributed by atoms with E-state index in [-0.39, 0.29) is 18.1 Å². The Balaban J connectivity index is 1.73. The van der Waals surface area contributed by atoms with Crippen LogP contribution in [0.2, 0.25) is 0 Å². The number of halogens is 3. The molecule has 3 aliphatic heterocycles. The standard InChI is InChI=1S/C22H21F3N4O2/c1-2-21(12-4-3-5-13(8-12)22(23,24)25)14-11-27-29-18(14)28-15-9-20(6-7-26-19(20)31)10-16(30)17(15)21/h3-5,8,11,18,28H,2,6-7,9-10H2,1H3,(H,26,31)/t18?,20-,21+/m1/s1. The Labute approximate surface area is 176 Å². The molecule has 1 amide bonds. The quantitative estimate of drug-likeness (QED) is 0.750. The summed E-state index contributed by atoms with van der Waals surface area (Å²) in [7, 11) is 0. The molecule has 1 unspecified atom stereocenters. The van der Waals surface area contributed by atoms with Gasteiger partial charge in [-0.25, -0.2) is 0 Å². The monoisotopic (exact) mass is 430 g/mol. The van der Waals surface area contributed by atoms with Crippen LogP contribution in [0.3, 0.4) is 0 Å². The van der Waals surface area contributed by atoms with Gasteiger partial charge in [0.05, 0.1) is 22.6 Å². The number of benzene rings is 1. The summed E-state index contributed by atoms with van der Waals surface area (Å²) in [6.07, 6.45) is -2.23. The van der Waals surface area contributed by atoms with Gasteiger partial charge in [0.2, 0.25) is 5.91 Å². The summed E-state index contributed by atoms with van der Waals surface area (Å²) in [5.41, 5.74) is -0.574. The first-order valence-electron chi connectivity index (χ1n) is 10.3. The molecule has 0 saturated carbocycles. The van der Waals surface area contributed by atoms with Crippen LogP contribution in [0.5, 0.6) is 0 Å². The Kier molecular flexibility index (Phi) is 4.19. The van der Waals surface area contributed by atoms with Crippen molar-refractivity contribution in [2.45, 2.75) is 50.4 Å². The molecular formula is C22H21F3N4O2. The second-order valence-corrected chi connectivity index (χ2v) is 8.62. The molecule has 3 heterocycles. The van der Waals surface area contributed by atoms with E-state index in [4.69, 9.17) is 0 Å². The number of hydrogen-bond acceptors (Lipinski definition) is 5. The molecule has 1 saturated heterocycles.